The van der Waals surface area contributed by atoms with Gasteiger partial charge in [-0.25, -0.2) is 4.79 Å². The van der Waals surface area contributed by atoms with Gasteiger partial charge in [0.2, 0.25) is 5.89 Å². The topological polar surface area (TPSA) is 64.2 Å². The van der Waals surface area contributed by atoms with Gasteiger partial charge in [-0.15, -0.1) is 5.10 Å². The molecule has 3 heterocycles. The molecular formula is C14H18N4O2. The van der Waals surface area contributed by atoms with Crippen LogP contribution in [0.1, 0.15) is 30.2 Å². The molecule has 0 spiro atoms. The van der Waals surface area contributed by atoms with Crippen LogP contribution in [-0.4, -0.2) is 39.8 Å². The molecule has 1 aliphatic heterocycles. The Morgan fingerprint density at radius 2 is 2.20 bits per heavy atom. The average Bonchev–Trinajstić information content (AvgIpc) is 2.82. The summed E-state index contributed by atoms with van der Waals surface area (Å²) in [5.74, 6) is 0.448. The van der Waals surface area contributed by atoms with E-state index in [-0.39, 0.29) is 11.7 Å². The normalized spacial score (nSPS) is 17.4. The van der Waals surface area contributed by atoms with Gasteiger partial charge in [0.25, 0.3) is 0 Å². The van der Waals surface area contributed by atoms with E-state index in [2.05, 4.69) is 22.0 Å². The van der Waals surface area contributed by atoms with Gasteiger partial charge in [0.05, 0.1) is 6.54 Å². The van der Waals surface area contributed by atoms with Crippen molar-refractivity contribution < 1.29 is 4.42 Å². The van der Waals surface area contributed by atoms with E-state index >= 15 is 0 Å². The first-order valence-electron chi connectivity index (χ1n) is 6.87. The highest BCUT2D eigenvalue weighted by molar-refractivity contribution is 5.08. The molecule has 0 saturated carbocycles. The Morgan fingerprint density at radius 3 is 2.90 bits per heavy atom. The highest BCUT2D eigenvalue weighted by Gasteiger charge is 2.24. The van der Waals surface area contributed by atoms with Crippen LogP contribution in [0.15, 0.2) is 33.7 Å². The first-order chi connectivity index (χ1) is 9.72. The Hall–Kier alpha value is -1.95. The number of likely N-dealkylation sites (tertiary alicyclic amines) is 1. The van der Waals surface area contributed by atoms with Crippen molar-refractivity contribution in [3.05, 3.63) is 46.5 Å². The van der Waals surface area contributed by atoms with Gasteiger partial charge in [-0.1, -0.05) is 6.07 Å². The number of rotatable bonds is 3. The van der Waals surface area contributed by atoms with Gasteiger partial charge in [-0.3, -0.25) is 4.98 Å². The maximum Gasteiger partial charge on any atom is 0.437 e. The van der Waals surface area contributed by atoms with Crippen LogP contribution < -0.4 is 5.76 Å². The Balaban J connectivity index is 1.76. The van der Waals surface area contributed by atoms with Gasteiger partial charge in [-0.05, 0) is 44.6 Å². The van der Waals surface area contributed by atoms with Gasteiger partial charge in [0, 0.05) is 18.3 Å². The number of aromatic nitrogens is 3. The predicted octanol–water partition coefficient (Wildman–Crippen LogP) is 1.09. The molecular weight excluding hydrogens is 256 g/mol. The van der Waals surface area contributed by atoms with E-state index in [1.807, 2.05) is 12.1 Å². The molecule has 106 valence electrons. The first-order valence-corrected chi connectivity index (χ1v) is 6.87. The minimum atomic E-state index is -0.386. The standard InChI is InChI=1S/C14H18N4O2/c1-17-7-4-12(5-8-17)13-16-18(14(19)20-13)10-11-3-2-6-15-9-11/h2-3,6,9,12H,4-5,7-8,10H2,1H3. The summed E-state index contributed by atoms with van der Waals surface area (Å²) in [5.41, 5.74) is 0.942. The molecule has 0 unspecified atom stereocenters. The van der Waals surface area contributed by atoms with Crippen LogP contribution in [0.3, 0.4) is 0 Å². The Labute approximate surface area is 117 Å². The molecule has 1 fully saturated rings. The molecule has 1 saturated heterocycles. The molecule has 2 aromatic rings. The zero-order chi connectivity index (χ0) is 13.9. The van der Waals surface area contributed by atoms with Gasteiger partial charge in [0.15, 0.2) is 0 Å². The lowest BCUT2D eigenvalue weighted by Crippen LogP contribution is -2.29. The second kappa shape index (κ2) is 5.58. The predicted molar refractivity (Wildman–Crippen MR) is 73.6 cm³/mol. The number of hydrogen-bond donors (Lipinski definition) is 0. The van der Waals surface area contributed by atoms with Crippen molar-refractivity contribution in [2.45, 2.75) is 25.3 Å². The zero-order valence-electron chi connectivity index (χ0n) is 11.5. The second-order valence-corrected chi connectivity index (χ2v) is 5.30. The van der Waals surface area contributed by atoms with Crippen molar-refractivity contribution in [3.8, 4) is 0 Å². The summed E-state index contributed by atoms with van der Waals surface area (Å²) in [6.07, 6.45) is 5.42. The summed E-state index contributed by atoms with van der Waals surface area (Å²) in [6.45, 7) is 2.44. The summed E-state index contributed by atoms with van der Waals surface area (Å²) < 4.78 is 6.70. The van der Waals surface area contributed by atoms with Crippen LogP contribution in [0.5, 0.6) is 0 Å². The van der Waals surface area contributed by atoms with E-state index in [9.17, 15) is 4.79 Å². The van der Waals surface area contributed by atoms with Gasteiger partial charge < -0.3 is 9.32 Å². The van der Waals surface area contributed by atoms with Crippen LogP contribution in [0.25, 0.3) is 0 Å². The lowest BCUT2D eigenvalue weighted by Gasteiger charge is -2.26. The average molecular weight is 274 g/mol. The molecule has 0 atom stereocenters. The molecule has 0 amide bonds. The minimum absolute atomic E-state index is 0.258. The SMILES string of the molecule is CN1CCC(c2nn(Cc3cccnc3)c(=O)o2)CC1. The maximum absolute atomic E-state index is 11.9. The summed E-state index contributed by atoms with van der Waals surface area (Å²) >= 11 is 0. The maximum atomic E-state index is 11.9. The van der Waals surface area contributed by atoms with Crippen molar-refractivity contribution in [1.29, 1.82) is 0 Å². The molecule has 0 aromatic carbocycles. The van der Waals surface area contributed by atoms with Gasteiger partial charge >= 0.3 is 5.76 Å². The quantitative estimate of drug-likeness (QED) is 0.838. The molecule has 6 nitrogen and oxygen atoms in total. The zero-order valence-corrected chi connectivity index (χ0v) is 11.5. The van der Waals surface area contributed by atoms with Crippen LogP contribution >= 0.6 is 0 Å². The molecule has 20 heavy (non-hydrogen) atoms. The fourth-order valence-corrected chi connectivity index (χ4v) is 2.51. The Kier molecular flexibility index (Phi) is 3.64. The summed E-state index contributed by atoms with van der Waals surface area (Å²) in [7, 11) is 2.10. The van der Waals surface area contributed by atoms with Crippen molar-refractivity contribution in [2.75, 3.05) is 20.1 Å². The summed E-state index contributed by atoms with van der Waals surface area (Å²) in [4.78, 5) is 18.2. The van der Waals surface area contributed by atoms with E-state index in [1.54, 1.807) is 12.4 Å². The van der Waals surface area contributed by atoms with Crippen LogP contribution in [0.2, 0.25) is 0 Å². The number of nitrogens with zero attached hydrogens (tertiary/aromatic N) is 4. The van der Waals surface area contributed by atoms with E-state index in [4.69, 9.17) is 4.42 Å². The lowest BCUT2D eigenvalue weighted by molar-refractivity contribution is 0.235. The molecule has 3 rings (SSSR count). The van der Waals surface area contributed by atoms with Crippen LogP contribution in [-0.2, 0) is 6.54 Å². The minimum Gasteiger partial charge on any atom is -0.392 e. The van der Waals surface area contributed by atoms with Gasteiger partial charge in [0.1, 0.15) is 0 Å². The highest BCUT2D eigenvalue weighted by Crippen LogP contribution is 2.25. The monoisotopic (exact) mass is 274 g/mol. The number of piperidine rings is 1. The van der Waals surface area contributed by atoms with Crippen molar-refractivity contribution in [2.24, 2.45) is 0 Å². The first kappa shape index (κ1) is 13.1. The van der Waals surface area contributed by atoms with Crippen molar-refractivity contribution in [1.82, 2.24) is 19.7 Å². The third-order valence-corrected chi connectivity index (χ3v) is 3.74. The van der Waals surface area contributed by atoms with Crippen molar-refractivity contribution in [3.63, 3.8) is 0 Å². The Morgan fingerprint density at radius 1 is 1.40 bits per heavy atom. The van der Waals surface area contributed by atoms with Crippen LogP contribution in [0.4, 0.5) is 0 Å². The van der Waals surface area contributed by atoms with E-state index in [0.717, 1.165) is 31.5 Å². The number of pyridine rings is 1. The second-order valence-electron chi connectivity index (χ2n) is 5.30. The summed E-state index contributed by atoms with van der Waals surface area (Å²) in [6, 6.07) is 3.77. The van der Waals surface area contributed by atoms with Gasteiger partial charge in [-0.2, -0.15) is 4.68 Å². The van der Waals surface area contributed by atoms with E-state index in [0.29, 0.717) is 12.4 Å². The largest absolute Gasteiger partial charge is 0.437 e. The molecule has 6 heteroatoms. The lowest BCUT2D eigenvalue weighted by atomic mass is 9.97. The molecule has 1 aliphatic rings. The summed E-state index contributed by atoms with van der Waals surface area (Å²) in [5, 5.41) is 4.34. The van der Waals surface area contributed by atoms with E-state index < -0.39 is 0 Å². The highest BCUT2D eigenvalue weighted by atomic mass is 16.4. The molecule has 0 aliphatic carbocycles. The third-order valence-electron chi connectivity index (χ3n) is 3.74. The smallest absolute Gasteiger partial charge is 0.392 e. The third kappa shape index (κ3) is 2.80. The van der Waals surface area contributed by atoms with Crippen LogP contribution in [0, 0.1) is 0 Å². The number of hydrogen-bond acceptors (Lipinski definition) is 5. The Bertz CT molecular complexity index is 612. The molecule has 0 bridgehead atoms. The fraction of sp³-hybridized carbons (Fsp3) is 0.500. The molecule has 0 radical (unpaired) electrons. The van der Waals surface area contributed by atoms with E-state index in [1.165, 1.54) is 4.68 Å². The van der Waals surface area contributed by atoms with Crippen molar-refractivity contribution >= 4 is 0 Å². The fourth-order valence-electron chi connectivity index (χ4n) is 2.51. The molecule has 0 N–H and O–H groups in total. The molecule has 2 aromatic heterocycles.